The zero-order valence-electron chi connectivity index (χ0n) is 18.7. The lowest BCUT2D eigenvalue weighted by Crippen LogP contribution is -2.42. The van der Waals surface area contributed by atoms with Gasteiger partial charge in [-0.25, -0.2) is 4.79 Å². The van der Waals surface area contributed by atoms with Crippen molar-refractivity contribution in [2.75, 3.05) is 13.7 Å². The van der Waals surface area contributed by atoms with Gasteiger partial charge in [0.25, 0.3) is 16.8 Å². The zero-order chi connectivity index (χ0) is 24.8. The van der Waals surface area contributed by atoms with Gasteiger partial charge in [-0.05, 0) is 67.1 Å². The number of thioether (sulfide) groups is 1. The summed E-state index contributed by atoms with van der Waals surface area (Å²) in [5, 5.41) is 10.2. The number of esters is 1. The Morgan fingerprint density at radius 1 is 1.15 bits per heavy atom. The average molecular weight is 487 g/mol. The van der Waals surface area contributed by atoms with Crippen molar-refractivity contribution in [3.8, 4) is 11.5 Å². The lowest BCUT2D eigenvalue weighted by molar-refractivity contribution is -0.384. The fourth-order valence-electron chi connectivity index (χ4n) is 3.12. The molecule has 1 aliphatic rings. The molecular weight excluding hydrogens is 464 g/mol. The molecule has 1 aliphatic heterocycles. The summed E-state index contributed by atoms with van der Waals surface area (Å²) in [4.78, 5) is 48.1. The van der Waals surface area contributed by atoms with E-state index >= 15 is 0 Å². The molecule has 10 nitrogen and oxygen atoms in total. The summed E-state index contributed by atoms with van der Waals surface area (Å²) in [5.74, 6) is -0.383. The van der Waals surface area contributed by atoms with Crippen LogP contribution in [0.25, 0.3) is 6.08 Å². The van der Waals surface area contributed by atoms with Crippen LogP contribution in [0, 0.1) is 10.1 Å². The van der Waals surface area contributed by atoms with E-state index < -0.39 is 28.1 Å². The van der Waals surface area contributed by atoms with E-state index in [1.807, 2.05) is 6.92 Å². The number of nitro benzene ring substituents is 1. The Morgan fingerprint density at radius 3 is 2.47 bits per heavy atom. The van der Waals surface area contributed by atoms with Gasteiger partial charge in [0, 0.05) is 12.1 Å². The van der Waals surface area contributed by atoms with E-state index in [0.717, 1.165) is 22.2 Å². The molecule has 1 saturated heterocycles. The van der Waals surface area contributed by atoms with Crippen molar-refractivity contribution >= 4 is 40.6 Å². The van der Waals surface area contributed by atoms with E-state index in [4.69, 9.17) is 9.47 Å². The SMILES string of the molecule is CCOc1cc(/C=C2/SC(=O)N([C@H](C)C(=O)OC)C2=O)ccc1OCc1ccc([N+](=O)[O-])cc1. The molecule has 2 aromatic carbocycles. The maximum Gasteiger partial charge on any atom is 0.328 e. The molecule has 2 amide bonds. The summed E-state index contributed by atoms with van der Waals surface area (Å²) in [6.45, 7) is 3.77. The van der Waals surface area contributed by atoms with E-state index in [-0.39, 0.29) is 17.2 Å². The van der Waals surface area contributed by atoms with E-state index in [0.29, 0.717) is 23.7 Å². The number of non-ortho nitro benzene ring substituents is 1. The van der Waals surface area contributed by atoms with Crippen molar-refractivity contribution in [2.45, 2.75) is 26.5 Å². The highest BCUT2D eigenvalue weighted by molar-refractivity contribution is 8.18. The van der Waals surface area contributed by atoms with Gasteiger partial charge in [-0.15, -0.1) is 0 Å². The molecule has 0 N–H and O–H groups in total. The maximum absolute atomic E-state index is 12.7. The molecule has 0 spiro atoms. The molecule has 3 rings (SSSR count). The fraction of sp³-hybridized carbons (Fsp3) is 0.261. The van der Waals surface area contributed by atoms with Gasteiger partial charge in [-0.1, -0.05) is 6.07 Å². The number of methoxy groups -OCH3 is 1. The molecule has 11 heteroatoms. The first-order valence-corrected chi connectivity index (χ1v) is 11.0. The minimum absolute atomic E-state index is 0.00602. The largest absolute Gasteiger partial charge is 0.490 e. The predicted molar refractivity (Wildman–Crippen MR) is 124 cm³/mol. The number of hydrogen-bond donors (Lipinski definition) is 0. The molecule has 1 heterocycles. The van der Waals surface area contributed by atoms with Crippen molar-refractivity contribution in [1.82, 2.24) is 4.90 Å². The first-order valence-electron chi connectivity index (χ1n) is 10.2. The number of hydrogen-bond acceptors (Lipinski definition) is 9. The third-order valence-corrected chi connectivity index (χ3v) is 5.74. The summed E-state index contributed by atoms with van der Waals surface area (Å²) < 4.78 is 16.1. The molecule has 1 fully saturated rings. The smallest absolute Gasteiger partial charge is 0.328 e. The molecule has 0 aliphatic carbocycles. The van der Waals surface area contributed by atoms with Gasteiger partial charge in [-0.3, -0.25) is 24.6 Å². The summed E-state index contributed by atoms with van der Waals surface area (Å²) in [7, 11) is 1.19. The molecule has 0 radical (unpaired) electrons. The van der Waals surface area contributed by atoms with E-state index in [1.165, 1.54) is 32.2 Å². The van der Waals surface area contributed by atoms with Gasteiger partial charge in [0.1, 0.15) is 12.6 Å². The number of benzene rings is 2. The van der Waals surface area contributed by atoms with Gasteiger partial charge >= 0.3 is 5.97 Å². The maximum atomic E-state index is 12.7. The van der Waals surface area contributed by atoms with Crippen LogP contribution >= 0.6 is 11.8 Å². The number of carbonyl (C=O) groups excluding carboxylic acids is 3. The summed E-state index contributed by atoms with van der Waals surface area (Å²) in [5.41, 5.74) is 1.33. The third kappa shape index (κ3) is 5.54. The Labute approximate surface area is 199 Å². The number of carbonyl (C=O) groups is 3. The molecule has 178 valence electrons. The second-order valence-corrected chi connectivity index (χ2v) is 8.10. The van der Waals surface area contributed by atoms with Crippen LogP contribution in [0.2, 0.25) is 0 Å². The first-order chi connectivity index (χ1) is 16.2. The van der Waals surface area contributed by atoms with Crippen LogP contribution in [0.1, 0.15) is 25.0 Å². The highest BCUT2D eigenvalue weighted by atomic mass is 32.2. The Morgan fingerprint density at radius 2 is 1.85 bits per heavy atom. The predicted octanol–water partition coefficient (Wildman–Crippen LogP) is 4.17. The Hall–Kier alpha value is -3.86. The van der Waals surface area contributed by atoms with Crippen molar-refractivity contribution in [1.29, 1.82) is 0 Å². The van der Waals surface area contributed by atoms with Crippen molar-refractivity contribution < 1.29 is 33.5 Å². The lowest BCUT2D eigenvalue weighted by Gasteiger charge is -2.18. The van der Waals surface area contributed by atoms with Crippen LogP contribution < -0.4 is 9.47 Å². The highest BCUT2D eigenvalue weighted by Crippen LogP contribution is 2.36. The summed E-state index contributed by atoms with van der Waals surface area (Å²) in [6, 6.07) is 10.0. The number of ether oxygens (including phenoxy) is 3. The van der Waals surface area contributed by atoms with Crippen molar-refractivity contribution in [3.05, 3.63) is 68.6 Å². The van der Waals surface area contributed by atoms with Gasteiger partial charge in [-0.2, -0.15) is 0 Å². The van der Waals surface area contributed by atoms with Crippen LogP contribution in [-0.2, 0) is 20.9 Å². The number of nitro groups is 1. The van der Waals surface area contributed by atoms with E-state index in [1.54, 1.807) is 30.3 Å². The van der Waals surface area contributed by atoms with Crippen LogP contribution in [0.15, 0.2) is 47.4 Å². The van der Waals surface area contributed by atoms with Gasteiger partial charge in [0.15, 0.2) is 11.5 Å². The summed E-state index contributed by atoms with van der Waals surface area (Å²) in [6.07, 6.45) is 1.54. The number of nitrogens with zero attached hydrogens (tertiary/aromatic N) is 2. The van der Waals surface area contributed by atoms with Crippen LogP contribution in [-0.4, -0.2) is 46.7 Å². The second kappa shape index (κ2) is 10.8. The monoisotopic (exact) mass is 486 g/mol. The second-order valence-electron chi connectivity index (χ2n) is 7.10. The van der Waals surface area contributed by atoms with E-state index in [9.17, 15) is 24.5 Å². The Balaban J connectivity index is 1.77. The van der Waals surface area contributed by atoms with Gasteiger partial charge in [0.2, 0.25) is 0 Å². The number of imide groups is 1. The minimum Gasteiger partial charge on any atom is -0.490 e. The Bertz CT molecular complexity index is 1150. The Kier molecular flexibility index (Phi) is 7.90. The van der Waals surface area contributed by atoms with Crippen LogP contribution in [0.5, 0.6) is 11.5 Å². The van der Waals surface area contributed by atoms with Crippen molar-refractivity contribution in [3.63, 3.8) is 0 Å². The topological polar surface area (TPSA) is 125 Å². The van der Waals surface area contributed by atoms with Crippen LogP contribution in [0.4, 0.5) is 10.5 Å². The van der Waals surface area contributed by atoms with E-state index in [2.05, 4.69) is 4.74 Å². The molecular formula is C23H22N2O8S. The molecule has 0 unspecified atom stereocenters. The van der Waals surface area contributed by atoms with Gasteiger partial charge < -0.3 is 14.2 Å². The zero-order valence-corrected chi connectivity index (χ0v) is 19.5. The molecule has 0 bridgehead atoms. The lowest BCUT2D eigenvalue weighted by atomic mass is 10.1. The highest BCUT2D eigenvalue weighted by Gasteiger charge is 2.41. The molecule has 1 atom stereocenters. The quantitative estimate of drug-likeness (QED) is 0.222. The molecule has 34 heavy (non-hydrogen) atoms. The average Bonchev–Trinajstić information content (AvgIpc) is 3.10. The summed E-state index contributed by atoms with van der Waals surface area (Å²) >= 11 is 0.738. The van der Waals surface area contributed by atoms with Crippen molar-refractivity contribution in [2.24, 2.45) is 0 Å². The standard InChI is InChI=1S/C23H22N2O8S/c1-4-32-19-11-16(12-20-21(26)24(23(28)34-20)14(2)22(27)31-3)7-10-18(19)33-13-15-5-8-17(9-6-15)25(29)30/h5-12,14H,4,13H2,1-3H3/b20-12+/t14-/m1/s1. The number of rotatable bonds is 9. The van der Waals surface area contributed by atoms with Gasteiger partial charge in [0.05, 0.1) is 23.5 Å². The molecule has 0 saturated carbocycles. The fourth-order valence-corrected chi connectivity index (χ4v) is 4.03. The molecule has 2 aromatic rings. The molecule has 0 aromatic heterocycles. The first kappa shape index (κ1) is 24.8. The number of amides is 2. The normalized spacial score (nSPS) is 15.4. The minimum atomic E-state index is -1.03. The van der Waals surface area contributed by atoms with Crippen LogP contribution in [0.3, 0.4) is 0 Å². The third-order valence-electron chi connectivity index (χ3n) is 4.86.